The Bertz CT molecular complexity index is 986. The summed E-state index contributed by atoms with van der Waals surface area (Å²) in [5.74, 6) is -0.104. The van der Waals surface area contributed by atoms with Crippen molar-refractivity contribution >= 4 is 46.1 Å². The number of aryl methyl sites for hydroxylation is 1. The van der Waals surface area contributed by atoms with E-state index in [0.717, 1.165) is 16.5 Å². The molecule has 0 fully saturated rings. The Morgan fingerprint density at radius 3 is 2.47 bits per heavy atom. The number of nitrogens with one attached hydrogen (secondary N) is 2. The lowest BCUT2D eigenvalue weighted by Crippen LogP contribution is -2.42. The van der Waals surface area contributed by atoms with Gasteiger partial charge in [-0.05, 0) is 49.8 Å². The van der Waals surface area contributed by atoms with E-state index in [1.165, 1.54) is 29.5 Å². The molecule has 0 radical (unpaired) electrons. The molecule has 1 aromatic heterocycles. The van der Waals surface area contributed by atoms with Gasteiger partial charge in [-0.25, -0.2) is 0 Å². The zero-order valence-corrected chi connectivity index (χ0v) is 18.6. The molecule has 3 rings (SSSR count). The molecule has 2 aromatic rings. The summed E-state index contributed by atoms with van der Waals surface area (Å²) in [4.78, 5) is 18.2. The third-order valence-electron chi connectivity index (χ3n) is 4.70. The average Bonchev–Trinajstić information content (AvgIpc) is 3.25. The molecular formula is C20H19Cl2F3N2O2S. The number of hydrogen-bond donors (Lipinski definition) is 2. The van der Waals surface area contributed by atoms with Crippen LogP contribution in [0.4, 0.5) is 13.2 Å². The van der Waals surface area contributed by atoms with Gasteiger partial charge in [-0.2, -0.15) is 13.2 Å². The van der Waals surface area contributed by atoms with Crippen molar-refractivity contribution in [3.05, 3.63) is 61.3 Å². The first-order valence-electron chi connectivity index (χ1n) is 9.07. The average molecular weight is 479 g/mol. The Labute approximate surface area is 186 Å². The molecule has 0 saturated carbocycles. The topological polar surface area (TPSA) is 50.4 Å². The molecule has 2 unspecified atom stereocenters. The highest BCUT2D eigenvalue weighted by atomic mass is 35.5. The van der Waals surface area contributed by atoms with Gasteiger partial charge in [-0.15, -0.1) is 11.3 Å². The van der Waals surface area contributed by atoms with Gasteiger partial charge in [0, 0.05) is 26.9 Å². The normalized spacial score (nSPS) is 19.9. The summed E-state index contributed by atoms with van der Waals surface area (Å²) in [6.07, 6.45) is -3.44. The highest BCUT2D eigenvalue weighted by Gasteiger charge is 2.59. The van der Waals surface area contributed by atoms with Crippen molar-refractivity contribution in [1.29, 1.82) is 0 Å². The van der Waals surface area contributed by atoms with Crippen molar-refractivity contribution in [3.63, 3.8) is 0 Å². The molecule has 4 nitrogen and oxygen atoms in total. The van der Waals surface area contributed by atoms with Gasteiger partial charge in [0.1, 0.15) is 0 Å². The molecule has 1 aromatic carbocycles. The Hall–Kier alpha value is -1.74. The number of hydroxylamine groups is 1. The number of benzene rings is 1. The fourth-order valence-corrected chi connectivity index (χ4v) is 4.87. The lowest BCUT2D eigenvalue weighted by atomic mass is 9.92. The van der Waals surface area contributed by atoms with Crippen molar-refractivity contribution in [2.24, 2.45) is 0 Å². The van der Waals surface area contributed by atoms with Gasteiger partial charge in [0.15, 0.2) is 0 Å². The minimum absolute atomic E-state index is 0.0707. The van der Waals surface area contributed by atoms with Gasteiger partial charge in [-0.1, -0.05) is 30.1 Å². The van der Waals surface area contributed by atoms with Gasteiger partial charge in [0.2, 0.25) is 11.5 Å². The first-order chi connectivity index (χ1) is 14.0. The van der Waals surface area contributed by atoms with Crippen molar-refractivity contribution < 1.29 is 22.8 Å². The minimum Gasteiger partial charge on any atom is -0.349 e. The summed E-state index contributed by atoms with van der Waals surface area (Å²) in [6, 6.07) is 5.20. The maximum atomic E-state index is 14.1. The summed E-state index contributed by atoms with van der Waals surface area (Å²) in [7, 11) is 0. The fraction of sp³-hybridized carbons (Fsp3) is 0.350. The maximum absolute atomic E-state index is 14.1. The summed E-state index contributed by atoms with van der Waals surface area (Å²) in [5.41, 5.74) is 0.484. The van der Waals surface area contributed by atoms with E-state index >= 15 is 0 Å². The van der Waals surface area contributed by atoms with E-state index in [9.17, 15) is 18.0 Å². The highest BCUT2D eigenvalue weighted by molar-refractivity contribution is 7.13. The summed E-state index contributed by atoms with van der Waals surface area (Å²) in [6.45, 7) is 5.42. The van der Waals surface area contributed by atoms with Gasteiger partial charge in [-0.3, -0.25) is 15.1 Å². The molecule has 0 saturated heterocycles. The summed E-state index contributed by atoms with van der Waals surface area (Å²) < 4.78 is 42.3. The van der Waals surface area contributed by atoms with E-state index in [4.69, 9.17) is 28.0 Å². The minimum atomic E-state index is -4.77. The van der Waals surface area contributed by atoms with Crippen molar-refractivity contribution in [2.75, 3.05) is 0 Å². The van der Waals surface area contributed by atoms with Crippen LogP contribution >= 0.6 is 34.5 Å². The second-order valence-corrected chi connectivity index (χ2v) is 8.91. The van der Waals surface area contributed by atoms with E-state index in [-0.39, 0.29) is 33.3 Å². The predicted octanol–water partition coefficient (Wildman–Crippen LogP) is 6.28. The van der Waals surface area contributed by atoms with Crippen molar-refractivity contribution in [3.8, 4) is 0 Å². The van der Waals surface area contributed by atoms with Crippen molar-refractivity contribution in [2.45, 2.75) is 45.0 Å². The number of carbonyl (C=O) groups is 1. The van der Waals surface area contributed by atoms with Crippen LogP contribution < -0.4 is 10.8 Å². The second kappa shape index (κ2) is 8.42. The van der Waals surface area contributed by atoms with Crippen LogP contribution in [-0.2, 0) is 15.2 Å². The molecular weight excluding hydrogens is 460 g/mol. The number of halogens is 5. The smallest absolute Gasteiger partial charge is 0.349 e. The number of carbonyl (C=O) groups excluding carboxylic acids is 1. The largest absolute Gasteiger partial charge is 0.428 e. The number of alkyl halides is 3. The zero-order valence-electron chi connectivity index (χ0n) is 16.3. The Morgan fingerprint density at radius 2 is 1.90 bits per heavy atom. The standard InChI is InChI=1S/C20H19Cl2F3N2O2S/c1-4-17(28)26-11(3)18-10(2)5-16(30-18)15-9-19(29-27-15,20(23,24)25)12-6-13(21)8-14(22)7-12/h5-9,11,27H,4H2,1-3H3,(H,26,28). The summed E-state index contributed by atoms with van der Waals surface area (Å²) >= 11 is 13.1. The maximum Gasteiger partial charge on any atom is 0.428 e. The lowest BCUT2D eigenvalue weighted by molar-refractivity contribution is -0.269. The second-order valence-electron chi connectivity index (χ2n) is 6.95. The van der Waals surface area contributed by atoms with Crippen LogP contribution in [0.1, 0.15) is 47.2 Å². The Morgan fingerprint density at radius 1 is 1.27 bits per heavy atom. The molecule has 1 aliphatic heterocycles. The van der Waals surface area contributed by atoms with Crippen LogP contribution in [0.25, 0.3) is 5.70 Å². The fourth-order valence-electron chi connectivity index (χ4n) is 3.20. The molecule has 0 bridgehead atoms. The first kappa shape index (κ1) is 22.9. The van der Waals surface area contributed by atoms with Crippen LogP contribution in [0.3, 0.4) is 0 Å². The monoisotopic (exact) mass is 478 g/mol. The van der Waals surface area contributed by atoms with Gasteiger partial charge >= 0.3 is 6.18 Å². The quantitative estimate of drug-likeness (QED) is 0.531. The van der Waals surface area contributed by atoms with Crippen LogP contribution in [0.5, 0.6) is 0 Å². The van der Waals surface area contributed by atoms with Crippen LogP contribution in [-0.4, -0.2) is 12.1 Å². The lowest BCUT2D eigenvalue weighted by Gasteiger charge is -2.28. The molecule has 1 aliphatic rings. The van der Waals surface area contributed by atoms with E-state index < -0.39 is 11.8 Å². The zero-order chi connectivity index (χ0) is 22.3. The number of amides is 1. The molecule has 10 heteroatoms. The number of thiophene rings is 1. The molecule has 30 heavy (non-hydrogen) atoms. The van der Waals surface area contributed by atoms with Crippen LogP contribution in [0.15, 0.2) is 30.3 Å². The molecule has 2 N–H and O–H groups in total. The molecule has 162 valence electrons. The third-order valence-corrected chi connectivity index (χ3v) is 6.59. The first-order valence-corrected chi connectivity index (χ1v) is 10.6. The van der Waals surface area contributed by atoms with Crippen LogP contribution in [0, 0.1) is 6.92 Å². The van der Waals surface area contributed by atoms with E-state index in [2.05, 4.69) is 10.8 Å². The molecule has 1 amide bonds. The van der Waals surface area contributed by atoms with Gasteiger partial charge in [0.25, 0.3) is 0 Å². The third kappa shape index (κ3) is 4.32. The van der Waals surface area contributed by atoms with Gasteiger partial charge in [0.05, 0.1) is 16.6 Å². The Balaban J connectivity index is 2.02. The number of hydrogen-bond acceptors (Lipinski definition) is 4. The van der Waals surface area contributed by atoms with Crippen molar-refractivity contribution in [1.82, 2.24) is 10.8 Å². The SMILES string of the molecule is CCC(=O)NC(C)c1sc(C2=CC(c3cc(Cl)cc(Cl)c3)(C(F)(F)F)ON2)cc1C. The van der Waals surface area contributed by atoms with Gasteiger partial charge < -0.3 is 5.32 Å². The predicted molar refractivity (Wildman–Crippen MR) is 112 cm³/mol. The number of rotatable bonds is 5. The molecule has 2 heterocycles. The molecule has 0 spiro atoms. The summed E-state index contributed by atoms with van der Waals surface area (Å²) in [5, 5.41) is 3.00. The van der Waals surface area contributed by atoms with E-state index in [1.54, 1.807) is 13.0 Å². The van der Waals surface area contributed by atoms with E-state index in [0.29, 0.717) is 11.3 Å². The van der Waals surface area contributed by atoms with Crippen LogP contribution in [0.2, 0.25) is 10.0 Å². The highest BCUT2D eigenvalue weighted by Crippen LogP contribution is 2.49. The molecule has 0 aliphatic carbocycles. The molecule has 2 atom stereocenters. The van der Waals surface area contributed by atoms with E-state index in [1.807, 2.05) is 13.8 Å². The Kier molecular flexibility index (Phi) is 6.43.